The van der Waals surface area contributed by atoms with Crippen molar-refractivity contribution in [2.75, 3.05) is 66.8 Å². The number of hydrogen-bond donors (Lipinski definition) is 5. The lowest BCUT2D eigenvalue weighted by molar-refractivity contribution is -0.238. The van der Waals surface area contributed by atoms with Gasteiger partial charge >= 0.3 is 12.1 Å². The van der Waals surface area contributed by atoms with E-state index in [0.717, 1.165) is 10.3 Å². The molecule has 1 fully saturated rings. The van der Waals surface area contributed by atoms with Gasteiger partial charge in [0.2, 0.25) is 6.29 Å². The molecule has 6 rings (SSSR count). The first-order valence-corrected chi connectivity index (χ1v) is 19.0. The largest absolute Gasteiger partial charge is 0.496 e. The Morgan fingerprint density at radius 3 is 2.42 bits per heavy atom. The summed E-state index contributed by atoms with van der Waals surface area (Å²) in [6.45, 7) is 0.649. The summed E-state index contributed by atoms with van der Waals surface area (Å²) in [6, 6.07) is 16.7. The molecule has 0 aliphatic carbocycles. The molecule has 1 saturated heterocycles. The van der Waals surface area contributed by atoms with Gasteiger partial charge in [0.15, 0.2) is 6.10 Å². The molecule has 4 aromatic carbocycles. The minimum atomic E-state index is -1.65. The fourth-order valence-electron chi connectivity index (χ4n) is 6.83. The van der Waals surface area contributed by atoms with E-state index >= 15 is 0 Å². The molecule has 0 unspecified atom stereocenters. The average molecular weight is 835 g/mol. The zero-order chi connectivity index (χ0) is 42.9. The third-order valence-corrected chi connectivity index (χ3v) is 9.96. The number of rotatable bonds is 19. The maximum atomic E-state index is 14.0. The first-order chi connectivity index (χ1) is 28.9. The molecule has 4 atom stereocenters. The predicted octanol–water partition coefficient (Wildman–Crippen LogP) is 1.82. The maximum Gasteiger partial charge on any atom is 0.409 e. The summed E-state index contributed by atoms with van der Waals surface area (Å²) < 4.78 is 32.9. The third-order valence-electron chi connectivity index (χ3n) is 9.96. The zero-order valence-corrected chi connectivity index (χ0v) is 32.9. The first-order valence-electron chi connectivity index (χ1n) is 19.0. The van der Waals surface area contributed by atoms with Gasteiger partial charge in [0.1, 0.15) is 24.2 Å². The van der Waals surface area contributed by atoms with Crippen LogP contribution in [0.25, 0.3) is 21.5 Å². The molecule has 2 aliphatic rings. The monoisotopic (exact) mass is 834 g/mol. The van der Waals surface area contributed by atoms with Crippen LogP contribution in [0.5, 0.6) is 11.5 Å². The number of likely N-dealkylation sites (N-methyl/N-ethyl adjacent to an activating group) is 1. The number of nitrogens with zero attached hydrogens (tertiary/aromatic N) is 2. The van der Waals surface area contributed by atoms with Crippen molar-refractivity contribution >= 4 is 51.3 Å². The van der Waals surface area contributed by atoms with Crippen LogP contribution in [0.3, 0.4) is 0 Å². The van der Waals surface area contributed by atoms with E-state index in [-0.39, 0.29) is 77.0 Å². The van der Waals surface area contributed by atoms with Crippen molar-refractivity contribution in [3.63, 3.8) is 0 Å². The Kier molecular flexibility index (Phi) is 14.5. The highest BCUT2D eigenvalue weighted by Crippen LogP contribution is 2.40. The number of imide groups is 1. The summed E-state index contributed by atoms with van der Waals surface area (Å²) in [4.78, 5) is 72.7. The number of nitrogens with two attached hydrogens (primary N) is 1. The number of aliphatic hydroxyl groups excluding tert-OH is 2. The van der Waals surface area contributed by atoms with Gasteiger partial charge in [-0.25, -0.2) is 15.5 Å². The minimum absolute atomic E-state index is 0.0592. The number of aliphatic carboxylic acids is 1. The van der Waals surface area contributed by atoms with Gasteiger partial charge in [0.05, 0.1) is 57.4 Å². The Bertz CT molecular complexity index is 2240. The number of aliphatic hydroxyl groups is 2. The van der Waals surface area contributed by atoms with E-state index in [1.54, 1.807) is 12.1 Å². The van der Waals surface area contributed by atoms with Gasteiger partial charge < -0.3 is 58.8 Å². The number of amides is 4. The van der Waals surface area contributed by atoms with Crippen LogP contribution in [0.15, 0.2) is 60.7 Å². The second-order valence-electron chi connectivity index (χ2n) is 13.9. The molecule has 4 aromatic rings. The lowest BCUT2D eigenvalue weighted by Crippen LogP contribution is -2.52. The highest BCUT2D eigenvalue weighted by atomic mass is 16.7. The molecule has 60 heavy (non-hydrogen) atoms. The van der Waals surface area contributed by atoms with Gasteiger partial charge in [-0.15, -0.1) is 0 Å². The van der Waals surface area contributed by atoms with Crippen molar-refractivity contribution in [2.45, 2.75) is 37.6 Å². The van der Waals surface area contributed by atoms with Crippen molar-refractivity contribution in [1.82, 2.24) is 15.1 Å². The van der Waals surface area contributed by atoms with Gasteiger partial charge in [-0.05, 0) is 46.7 Å². The highest BCUT2D eigenvalue weighted by molar-refractivity contribution is 6.31. The minimum Gasteiger partial charge on any atom is -0.496 e. The number of fused-ring (bicyclic) bond motifs is 2. The number of carboxylic acid groups (broad SMARTS) is 1. The van der Waals surface area contributed by atoms with Crippen LogP contribution >= 0.6 is 0 Å². The molecule has 0 radical (unpaired) electrons. The smallest absolute Gasteiger partial charge is 0.409 e. The number of ether oxygens (including phenoxy) is 6. The van der Waals surface area contributed by atoms with E-state index < -0.39 is 54.4 Å². The van der Waals surface area contributed by atoms with Gasteiger partial charge in [-0.3, -0.25) is 19.3 Å². The molecule has 0 bridgehead atoms. The quantitative estimate of drug-likeness (QED) is 0.0391. The molecule has 4 amide bonds. The molecule has 320 valence electrons. The fourth-order valence-corrected chi connectivity index (χ4v) is 6.83. The molecule has 0 saturated carbocycles. The van der Waals surface area contributed by atoms with Crippen LogP contribution in [0.2, 0.25) is 0 Å². The Hall–Kier alpha value is -5.93. The van der Waals surface area contributed by atoms with E-state index in [0.29, 0.717) is 38.6 Å². The zero-order valence-electron chi connectivity index (χ0n) is 32.9. The number of carbonyl (C=O) groups excluding carboxylic acids is 4. The summed E-state index contributed by atoms with van der Waals surface area (Å²) in [5.41, 5.74) is 0.945. The average Bonchev–Trinajstić information content (AvgIpc) is 3.24. The second kappa shape index (κ2) is 19.9. The molecular formula is C41H46N4O15. The van der Waals surface area contributed by atoms with Crippen LogP contribution in [0.1, 0.15) is 43.1 Å². The van der Waals surface area contributed by atoms with E-state index in [4.69, 9.17) is 34.3 Å². The molecule has 19 heteroatoms. The summed E-state index contributed by atoms with van der Waals surface area (Å²) in [7, 11) is 2.97. The molecule has 2 aliphatic heterocycles. The van der Waals surface area contributed by atoms with Crippen molar-refractivity contribution in [2.24, 2.45) is 5.90 Å². The van der Waals surface area contributed by atoms with Gasteiger partial charge in [0, 0.05) is 49.4 Å². The van der Waals surface area contributed by atoms with E-state index in [1.807, 2.05) is 30.3 Å². The molecule has 0 spiro atoms. The SMILES string of the molecule is COc1ccc2c3c(c4ccccc4cc13)C(=O)N(CCN(C)C(=O)OCc1ccc(O[C@@H]3O[C@H](C(=O)O)C[C@H](O)[C@H]3O)c(C(=O)NCCOCCOCCON)c1)C2=O. The number of hydrogen-bond acceptors (Lipinski definition) is 15. The predicted molar refractivity (Wildman–Crippen MR) is 210 cm³/mol. The molecule has 0 aromatic heterocycles. The number of carbonyl (C=O) groups is 5. The van der Waals surface area contributed by atoms with Gasteiger partial charge in [0.25, 0.3) is 17.7 Å². The van der Waals surface area contributed by atoms with Crippen LogP contribution in [-0.2, 0) is 35.2 Å². The molecule has 2 heterocycles. The van der Waals surface area contributed by atoms with Crippen molar-refractivity contribution in [3.8, 4) is 11.5 Å². The summed E-state index contributed by atoms with van der Waals surface area (Å²) in [5.74, 6) is 2.29. The summed E-state index contributed by atoms with van der Waals surface area (Å²) >= 11 is 0. The summed E-state index contributed by atoms with van der Waals surface area (Å²) in [6.07, 6.45) is -7.42. The molecule has 19 nitrogen and oxygen atoms in total. The van der Waals surface area contributed by atoms with Crippen LogP contribution in [0.4, 0.5) is 4.79 Å². The third kappa shape index (κ3) is 9.74. The van der Waals surface area contributed by atoms with Gasteiger partial charge in [-0.2, -0.15) is 0 Å². The van der Waals surface area contributed by atoms with Crippen LogP contribution in [-0.4, -0.2) is 146 Å². The number of nitrogens with one attached hydrogen (secondary N) is 1. The van der Waals surface area contributed by atoms with Crippen LogP contribution < -0.4 is 20.7 Å². The standard InChI is InChI=1S/C41H46N4O15/c1-44(12-13-45-37(49)26-8-10-30(54-2)27-20-24-5-3-4-6-25(24)34(33(26)27)38(45)50)41(53)57-22-23-7-9-31(59-40-35(47)29(46)21-32(60-40)39(51)52)28(19-23)36(48)43-11-14-55-15-16-56-17-18-58-42/h3-10,19-20,29,32,35,40,46-47H,11-18,21-22,42H2,1-2H3,(H,43,48)(H,51,52)/t29-,32-,35+,40+/m0/s1. The van der Waals surface area contributed by atoms with E-state index in [2.05, 4.69) is 10.2 Å². The fraction of sp³-hybridized carbons (Fsp3) is 0.390. The number of benzene rings is 4. The Morgan fingerprint density at radius 1 is 0.933 bits per heavy atom. The Balaban J connectivity index is 1.11. The van der Waals surface area contributed by atoms with E-state index in [9.17, 15) is 39.3 Å². The normalized spacial score (nSPS) is 18.7. The lowest BCUT2D eigenvalue weighted by atomic mass is 9.89. The topological polar surface area (TPSA) is 255 Å². The van der Waals surface area contributed by atoms with Gasteiger partial charge in [-0.1, -0.05) is 30.3 Å². The Labute approximate surface area is 343 Å². The molecular weight excluding hydrogens is 788 g/mol. The number of carboxylic acids is 1. The van der Waals surface area contributed by atoms with Crippen molar-refractivity contribution in [3.05, 3.63) is 82.9 Å². The summed E-state index contributed by atoms with van der Waals surface area (Å²) in [5, 5.41) is 35.5. The van der Waals surface area contributed by atoms with E-state index in [1.165, 1.54) is 37.3 Å². The lowest BCUT2D eigenvalue weighted by Gasteiger charge is -2.35. The van der Waals surface area contributed by atoms with Crippen molar-refractivity contribution in [1.29, 1.82) is 0 Å². The van der Waals surface area contributed by atoms with Crippen LogP contribution in [0, 0.1) is 0 Å². The first kappa shape index (κ1) is 43.6. The molecule has 6 N–H and O–H groups in total. The Morgan fingerprint density at radius 2 is 1.67 bits per heavy atom. The maximum absolute atomic E-state index is 14.0. The number of methoxy groups -OCH3 is 1. The highest BCUT2D eigenvalue weighted by Gasteiger charge is 2.42. The second-order valence-corrected chi connectivity index (χ2v) is 13.9. The van der Waals surface area contributed by atoms with Crippen molar-refractivity contribution < 1.29 is 72.6 Å².